The van der Waals surface area contributed by atoms with E-state index in [-0.39, 0.29) is 6.09 Å². The standard InChI is InChI=1S/C25H26N6O3/c1-2-34-25(33)31-14-12-30(13-15-31)23-22(28-20-10-6-7-11-21(20)29-23)19(16-26)24(32)27-17-18-8-4-3-5-9-18/h3-11,19H,2,12-15,17H2,1H3,(H,27,32)/t19-/m0/s1. The van der Waals surface area contributed by atoms with Gasteiger partial charge in [-0.1, -0.05) is 42.5 Å². The minimum absolute atomic E-state index is 0.312. The normalized spacial score (nSPS) is 14.4. The molecule has 34 heavy (non-hydrogen) atoms. The van der Waals surface area contributed by atoms with Crippen molar-refractivity contribution in [2.45, 2.75) is 19.4 Å². The Hall–Kier alpha value is -4.19. The second-order valence-electron chi connectivity index (χ2n) is 7.86. The molecule has 1 aliphatic heterocycles. The van der Waals surface area contributed by atoms with Crippen LogP contribution in [0.1, 0.15) is 24.1 Å². The minimum atomic E-state index is -1.13. The molecule has 0 spiro atoms. The van der Waals surface area contributed by atoms with Gasteiger partial charge in [-0.3, -0.25) is 4.79 Å². The molecule has 1 N–H and O–H groups in total. The minimum Gasteiger partial charge on any atom is -0.450 e. The van der Waals surface area contributed by atoms with Crippen molar-refractivity contribution in [2.75, 3.05) is 37.7 Å². The van der Waals surface area contributed by atoms with Gasteiger partial charge < -0.3 is 19.9 Å². The number of anilines is 1. The van der Waals surface area contributed by atoms with Crippen molar-refractivity contribution in [2.24, 2.45) is 0 Å². The fourth-order valence-corrected chi connectivity index (χ4v) is 3.88. The molecule has 3 aromatic rings. The molecule has 2 heterocycles. The van der Waals surface area contributed by atoms with Gasteiger partial charge in [0.05, 0.1) is 23.7 Å². The number of hydrogen-bond acceptors (Lipinski definition) is 7. The van der Waals surface area contributed by atoms with E-state index < -0.39 is 11.8 Å². The number of nitrogens with one attached hydrogen (secondary N) is 1. The van der Waals surface area contributed by atoms with Crippen LogP contribution in [0.15, 0.2) is 54.6 Å². The Kier molecular flexibility index (Phi) is 7.18. The summed E-state index contributed by atoms with van der Waals surface area (Å²) in [5, 5.41) is 12.8. The average Bonchev–Trinajstić information content (AvgIpc) is 2.88. The van der Waals surface area contributed by atoms with Gasteiger partial charge in [-0.2, -0.15) is 5.26 Å². The second kappa shape index (κ2) is 10.6. The van der Waals surface area contributed by atoms with E-state index in [1.54, 1.807) is 11.8 Å². The van der Waals surface area contributed by atoms with Gasteiger partial charge in [0, 0.05) is 32.7 Å². The number of nitrogens with zero attached hydrogens (tertiary/aromatic N) is 5. The van der Waals surface area contributed by atoms with Gasteiger partial charge >= 0.3 is 6.09 Å². The third-order valence-corrected chi connectivity index (χ3v) is 5.66. The van der Waals surface area contributed by atoms with Crippen LogP contribution in [0.3, 0.4) is 0 Å². The summed E-state index contributed by atoms with van der Waals surface area (Å²) in [6.45, 7) is 4.28. The number of carbonyl (C=O) groups is 2. The molecule has 1 aromatic heterocycles. The Bertz CT molecular complexity index is 1200. The maximum atomic E-state index is 13.0. The van der Waals surface area contributed by atoms with Crippen LogP contribution in [0.25, 0.3) is 11.0 Å². The zero-order chi connectivity index (χ0) is 23.9. The van der Waals surface area contributed by atoms with Crippen LogP contribution in [-0.2, 0) is 16.1 Å². The fraction of sp³-hybridized carbons (Fsp3) is 0.320. The fourth-order valence-electron chi connectivity index (χ4n) is 3.88. The molecule has 1 aliphatic rings. The quantitative estimate of drug-likeness (QED) is 0.605. The van der Waals surface area contributed by atoms with Gasteiger partial charge in [0.1, 0.15) is 5.69 Å². The van der Waals surface area contributed by atoms with Crippen LogP contribution in [-0.4, -0.2) is 59.7 Å². The lowest BCUT2D eigenvalue weighted by Gasteiger charge is -2.35. The van der Waals surface area contributed by atoms with E-state index in [2.05, 4.69) is 16.4 Å². The maximum Gasteiger partial charge on any atom is 0.409 e. The third-order valence-electron chi connectivity index (χ3n) is 5.66. The van der Waals surface area contributed by atoms with E-state index in [4.69, 9.17) is 9.72 Å². The van der Waals surface area contributed by atoms with E-state index in [0.29, 0.717) is 61.9 Å². The highest BCUT2D eigenvalue weighted by Crippen LogP contribution is 2.28. The number of para-hydroxylation sites is 2. The summed E-state index contributed by atoms with van der Waals surface area (Å²) in [5.41, 5.74) is 2.54. The Morgan fingerprint density at radius 1 is 1.03 bits per heavy atom. The second-order valence-corrected chi connectivity index (χ2v) is 7.86. The lowest BCUT2D eigenvalue weighted by Crippen LogP contribution is -2.49. The predicted octanol–water partition coefficient (Wildman–Crippen LogP) is 2.83. The van der Waals surface area contributed by atoms with Crippen LogP contribution in [0.4, 0.5) is 10.6 Å². The molecular formula is C25H26N6O3. The Balaban J connectivity index is 1.60. The van der Waals surface area contributed by atoms with Gasteiger partial charge in [-0.05, 0) is 24.6 Å². The van der Waals surface area contributed by atoms with Gasteiger partial charge in [-0.25, -0.2) is 14.8 Å². The van der Waals surface area contributed by atoms with E-state index in [1.807, 2.05) is 59.5 Å². The van der Waals surface area contributed by atoms with Crippen LogP contribution < -0.4 is 10.2 Å². The van der Waals surface area contributed by atoms with E-state index in [1.165, 1.54) is 0 Å². The van der Waals surface area contributed by atoms with Crippen molar-refractivity contribution in [3.05, 3.63) is 65.9 Å². The molecule has 2 aromatic carbocycles. The van der Waals surface area contributed by atoms with Gasteiger partial charge in [-0.15, -0.1) is 0 Å². The SMILES string of the molecule is CCOC(=O)N1CCN(c2nc3ccccc3nc2[C@H](C#N)C(=O)NCc2ccccc2)CC1. The zero-order valence-corrected chi connectivity index (χ0v) is 19.0. The van der Waals surface area contributed by atoms with Gasteiger partial charge in [0.15, 0.2) is 11.7 Å². The number of hydrogen-bond donors (Lipinski definition) is 1. The zero-order valence-electron chi connectivity index (χ0n) is 19.0. The number of nitriles is 1. The molecule has 0 unspecified atom stereocenters. The number of fused-ring (bicyclic) bond motifs is 1. The van der Waals surface area contributed by atoms with Gasteiger partial charge in [0.25, 0.3) is 0 Å². The largest absolute Gasteiger partial charge is 0.450 e. The molecular weight excluding hydrogens is 432 g/mol. The topological polar surface area (TPSA) is 111 Å². The molecule has 2 amide bonds. The van der Waals surface area contributed by atoms with Crippen molar-refractivity contribution in [3.63, 3.8) is 0 Å². The highest BCUT2D eigenvalue weighted by molar-refractivity contribution is 5.89. The molecule has 9 nitrogen and oxygen atoms in total. The van der Waals surface area contributed by atoms with E-state index >= 15 is 0 Å². The number of amides is 2. The predicted molar refractivity (Wildman–Crippen MR) is 127 cm³/mol. The third kappa shape index (κ3) is 5.07. The van der Waals surface area contributed by atoms with Crippen molar-refractivity contribution in [1.82, 2.24) is 20.2 Å². The first-order valence-electron chi connectivity index (χ1n) is 11.2. The van der Waals surface area contributed by atoms with Crippen molar-refractivity contribution >= 4 is 28.9 Å². The molecule has 1 saturated heterocycles. The molecule has 0 saturated carbocycles. The summed E-state index contributed by atoms with van der Waals surface area (Å²) in [6, 6.07) is 19.0. The van der Waals surface area contributed by atoms with Gasteiger partial charge in [0.2, 0.25) is 5.91 Å². The molecule has 174 valence electrons. The molecule has 1 fully saturated rings. The highest BCUT2D eigenvalue weighted by Gasteiger charge is 2.31. The van der Waals surface area contributed by atoms with E-state index in [9.17, 15) is 14.9 Å². The van der Waals surface area contributed by atoms with Crippen molar-refractivity contribution < 1.29 is 14.3 Å². The molecule has 9 heteroatoms. The molecule has 0 radical (unpaired) electrons. The lowest BCUT2D eigenvalue weighted by atomic mass is 10.0. The smallest absolute Gasteiger partial charge is 0.409 e. The summed E-state index contributed by atoms with van der Waals surface area (Å²) >= 11 is 0. The first-order valence-corrected chi connectivity index (χ1v) is 11.2. The van der Waals surface area contributed by atoms with Crippen molar-refractivity contribution in [1.29, 1.82) is 5.26 Å². The first kappa shape index (κ1) is 23.0. The average molecular weight is 459 g/mol. The number of carbonyl (C=O) groups excluding carboxylic acids is 2. The number of ether oxygens (including phenoxy) is 1. The summed E-state index contributed by atoms with van der Waals surface area (Å²) in [7, 11) is 0. The van der Waals surface area contributed by atoms with Crippen LogP contribution >= 0.6 is 0 Å². The molecule has 4 rings (SSSR count). The Morgan fingerprint density at radius 2 is 1.68 bits per heavy atom. The maximum absolute atomic E-state index is 13.0. The van der Waals surface area contributed by atoms with Crippen LogP contribution in [0.2, 0.25) is 0 Å². The van der Waals surface area contributed by atoms with Crippen LogP contribution in [0, 0.1) is 11.3 Å². The Morgan fingerprint density at radius 3 is 2.32 bits per heavy atom. The first-order chi connectivity index (χ1) is 16.6. The Labute approximate surface area is 198 Å². The highest BCUT2D eigenvalue weighted by atomic mass is 16.6. The van der Waals surface area contributed by atoms with Crippen molar-refractivity contribution in [3.8, 4) is 6.07 Å². The van der Waals surface area contributed by atoms with Crippen LogP contribution in [0.5, 0.6) is 0 Å². The molecule has 0 aliphatic carbocycles. The molecule has 1 atom stereocenters. The number of piperazine rings is 1. The lowest BCUT2D eigenvalue weighted by molar-refractivity contribution is -0.121. The summed E-state index contributed by atoms with van der Waals surface area (Å²) in [4.78, 5) is 38.2. The summed E-state index contributed by atoms with van der Waals surface area (Å²) in [5.74, 6) is -1.06. The van der Waals surface area contributed by atoms with E-state index in [0.717, 1.165) is 5.56 Å². The summed E-state index contributed by atoms with van der Waals surface area (Å²) in [6.07, 6.45) is -0.345. The monoisotopic (exact) mass is 458 g/mol. The number of aromatic nitrogens is 2. The number of rotatable bonds is 6. The molecule has 0 bridgehead atoms. The number of benzene rings is 2. The summed E-state index contributed by atoms with van der Waals surface area (Å²) < 4.78 is 5.10.